The molecule has 0 aromatic heterocycles. The van der Waals surface area contributed by atoms with Gasteiger partial charge in [0.05, 0.1) is 0 Å². The summed E-state index contributed by atoms with van der Waals surface area (Å²) in [6.45, 7) is 6.39. The Morgan fingerprint density at radius 1 is 1.14 bits per heavy atom. The molecule has 0 aliphatic carbocycles. The summed E-state index contributed by atoms with van der Waals surface area (Å²) in [7, 11) is 2.14. The second-order valence-corrected chi connectivity index (χ2v) is 7.56. The van der Waals surface area contributed by atoms with Crippen molar-refractivity contribution in [3.63, 3.8) is 0 Å². The molecular weight excluding hydrogens is 352 g/mol. The van der Waals surface area contributed by atoms with Crippen LogP contribution >= 0.6 is 0 Å². The van der Waals surface area contributed by atoms with Crippen LogP contribution in [0.2, 0.25) is 0 Å². The molecule has 150 valence electrons. The summed E-state index contributed by atoms with van der Waals surface area (Å²) in [6, 6.07) is 15.7. The van der Waals surface area contributed by atoms with E-state index in [1.807, 2.05) is 55.5 Å². The maximum atomic E-state index is 12.3. The van der Waals surface area contributed by atoms with Crippen molar-refractivity contribution in [3.8, 4) is 11.5 Å². The molecule has 1 heterocycles. The molecule has 0 spiro atoms. The summed E-state index contributed by atoms with van der Waals surface area (Å²) in [5.74, 6) is 1.46. The van der Waals surface area contributed by atoms with Crippen LogP contribution in [0, 0.1) is 6.92 Å². The minimum absolute atomic E-state index is 0.131. The van der Waals surface area contributed by atoms with E-state index in [0.717, 1.165) is 42.8 Å². The lowest BCUT2D eigenvalue weighted by molar-refractivity contribution is -0.127. The van der Waals surface area contributed by atoms with E-state index < -0.39 is 6.10 Å². The number of aryl methyl sites for hydroxylation is 1. The predicted octanol–water partition coefficient (Wildman–Crippen LogP) is 3.55. The van der Waals surface area contributed by atoms with E-state index in [-0.39, 0.29) is 5.91 Å². The number of nitrogens with zero attached hydrogens (tertiary/aromatic N) is 1. The highest BCUT2D eigenvalue weighted by atomic mass is 16.5. The third-order valence-corrected chi connectivity index (χ3v) is 5.03. The van der Waals surface area contributed by atoms with Gasteiger partial charge in [-0.1, -0.05) is 24.3 Å². The molecule has 3 rings (SSSR count). The van der Waals surface area contributed by atoms with Crippen LogP contribution in [0.5, 0.6) is 11.5 Å². The molecule has 0 saturated carbocycles. The number of carbonyl (C=O) groups excluding carboxylic acids is 1. The third kappa shape index (κ3) is 5.99. The van der Waals surface area contributed by atoms with Crippen molar-refractivity contribution in [1.29, 1.82) is 0 Å². The second-order valence-electron chi connectivity index (χ2n) is 7.56. The molecule has 1 N–H and O–H groups in total. The Kier molecular flexibility index (Phi) is 6.93. The van der Waals surface area contributed by atoms with Gasteiger partial charge in [-0.3, -0.25) is 4.79 Å². The van der Waals surface area contributed by atoms with Gasteiger partial charge >= 0.3 is 0 Å². The zero-order chi connectivity index (χ0) is 19.9. The highest BCUT2D eigenvalue weighted by Gasteiger charge is 2.18. The Labute approximate surface area is 167 Å². The Hall–Kier alpha value is -2.53. The second kappa shape index (κ2) is 9.60. The van der Waals surface area contributed by atoms with Crippen LogP contribution in [0.4, 0.5) is 0 Å². The standard InChI is InChI=1S/C23H30N2O3/c1-17-5-4-6-22(15-17)27-18(2)23(26)24-16-19-7-9-20(10-8-19)28-21-11-13-25(3)14-12-21/h4-10,15,18,21H,11-14,16H2,1-3H3,(H,24,26). The fourth-order valence-electron chi connectivity index (χ4n) is 3.26. The maximum absolute atomic E-state index is 12.3. The fourth-order valence-corrected chi connectivity index (χ4v) is 3.26. The summed E-state index contributed by atoms with van der Waals surface area (Å²) >= 11 is 0. The minimum Gasteiger partial charge on any atom is -0.490 e. The summed E-state index contributed by atoms with van der Waals surface area (Å²) < 4.78 is 11.8. The van der Waals surface area contributed by atoms with Gasteiger partial charge in [-0.05, 0) is 69.1 Å². The summed E-state index contributed by atoms with van der Waals surface area (Å²) in [5, 5.41) is 2.93. The highest BCUT2D eigenvalue weighted by molar-refractivity contribution is 5.80. The molecule has 1 amide bonds. The van der Waals surface area contributed by atoms with E-state index in [9.17, 15) is 4.79 Å². The largest absolute Gasteiger partial charge is 0.490 e. The molecule has 0 bridgehead atoms. The van der Waals surface area contributed by atoms with Crippen molar-refractivity contribution in [1.82, 2.24) is 10.2 Å². The zero-order valence-corrected chi connectivity index (χ0v) is 17.0. The van der Waals surface area contributed by atoms with Crippen molar-refractivity contribution >= 4 is 5.91 Å². The number of benzene rings is 2. The molecule has 1 unspecified atom stereocenters. The third-order valence-electron chi connectivity index (χ3n) is 5.03. The minimum atomic E-state index is -0.547. The van der Waals surface area contributed by atoms with E-state index in [1.54, 1.807) is 6.92 Å². The van der Waals surface area contributed by atoms with Gasteiger partial charge in [0.1, 0.15) is 17.6 Å². The molecule has 2 aromatic carbocycles. The lowest BCUT2D eigenvalue weighted by Crippen LogP contribution is -2.36. The van der Waals surface area contributed by atoms with E-state index >= 15 is 0 Å². The van der Waals surface area contributed by atoms with Crippen LogP contribution in [0.1, 0.15) is 30.9 Å². The molecule has 1 saturated heterocycles. The SMILES string of the molecule is Cc1cccc(OC(C)C(=O)NCc2ccc(OC3CCN(C)CC3)cc2)c1. The zero-order valence-electron chi connectivity index (χ0n) is 17.0. The van der Waals surface area contributed by atoms with E-state index in [1.165, 1.54) is 0 Å². The Balaban J connectivity index is 1.44. The monoisotopic (exact) mass is 382 g/mol. The van der Waals surface area contributed by atoms with Gasteiger partial charge in [-0.15, -0.1) is 0 Å². The van der Waals surface area contributed by atoms with Gasteiger partial charge in [0.2, 0.25) is 0 Å². The fraction of sp³-hybridized carbons (Fsp3) is 0.435. The number of hydrogen-bond donors (Lipinski definition) is 1. The van der Waals surface area contributed by atoms with Crippen LogP contribution in [-0.4, -0.2) is 43.2 Å². The molecule has 1 aliphatic rings. The lowest BCUT2D eigenvalue weighted by atomic mass is 10.1. The van der Waals surface area contributed by atoms with E-state index in [0.29, 0.717) is 18.4 Å². The summed E-state index contributed by atoms with van der Waals surface area (Å²) in [4.78, 5) is 14.6. The maximum Gasteiger partial charge on any atom is 0.261 e. The molecular formula is C23H30N2O3. The van der Waals surface area contributed by atoms with Crippen LogP contribution in [0.3, 0.4) is 0 Å². The molecule has 28 heavy (non-hydrogen) atoms. The number of hydrogen-bond acceptors (Lipinski definition) is 4. The number of piperidine rings is 1. The molecule has 0 radical (unpaired) electrons. The van der Waals surface area contributed by atoms with Gasteiger partial charge < -0.3 is 19.7 Å². The topological polar surface area (TPSA) is 50.8 Å². The van der Waals surface area contributed by atoms with Crippen molar-refractivity contribution in [3.05, 3.63) is 59.7 Å². The van der Waals surface area contributed by atoms with Gasteiger partial charge in [0.15, 0.2) is 6.10 Å². The number of likely N-dealkylation sites (tertiary alicyclic amines) is 1. The molecule has 5 nitrogen and oxygen atoms in total. The molecule has 1 atom stereocenters. The van der Waals surface area contributed by atoms with Crippen LogP contribution < -0.4 is 14.8 Å². The van der Waals surface area contributed by atoms with E-state index in [2.05, 4.69) is 17.3 Å². The Bertz CT molecular complexity index is 768. The molecule has 5 heteroatoms. The smallest absolute Gasteiger partial charge is 0.261 e. The highest BCUT2D eigenvalue weighted by Crippen LogP contribution is 2.19. The van der Waals surface area contributed by atoms with Gasteiger partial charge in [0, 0.05) is 19.6 Å². The summed E-state index contributed by atoms with van der Waals surface area (Å²) in [6.07, 6.45) is 1.87. The van der Waals surface area contributed by atoms with Gasteiger partial charge in [-0.25, -0.2) is 0 Å². The molecule has 1 aliphatic heterocycles. The summed E-state index contributed by atoms with van der Waals surface area (Å²) in [5.41, 5.74) is 2.14. The van der Waals surface area contributed by atoms with Crippen LogP contribution in [-0.2, 0) is 11.3 Å². The number of rotatable bonds is 7. The van der Waals surface area contributed by atoms with Crippen LogP contribution in [0.25, 0.3) is 0 Å². The van der Waals surface area contributed by atoms with Gasteiger partial charge in [-0.2, -0.15) is 0 Å². The number of ether oxygens (including phenoxy) is 2. The number of amides is 1. The first-order valence-corrected chi connectivity index (χ1v) is 9.95. The number of nitrogens with one attached hydrogen (secondary N) is 1. The van der Waals surface area contributed by atoms with Crippen LogP contribution in [0.15, 0.2) is 48.5 Å². The van der Waals surface area contributed by atoms with Crippen molar-refractivity contribution in [2.75, 3.05) is 20.1 Å². The first-order valence-electron chi connectivity index (χ1n) is 9.95. The predicted molar refractivity (Wildman–Crippen MR) is 111 cm³/mol. The molecule has 1 fully saturated rings. The molecule has 2 aromatic rings. The number of carbonyl (C=O) groups is 1. The van der Waals surface area contributed by atoms with E-state index in [4.69, 9.17) is 9.47 Å². The van der Waals surface area contributed by atoms with Crippen molar-refractivity contribution in [2.24, 2.45) is 0 Å². The first-order chi connectivity index (χ1) is 13.5. The van der Waals surface area contributed by atoms with Crippen molar-refractivity contribution in [2.45, 2.75) is 45.4 Å². The Morgan fingerprint density at radius 3 is 2.54 bits per heavy atom. The lowest BCUT2D eigenvalue weighted by Gasteiger charge is -2.29. The van der Waals surface area contributed by atoms with Crippen molar-refractivity contribution < 1.29 is 14.3 Å². The first kappa shape index (κ1) is 20.2. The average Bonchev–Trinajstić information content (AvgIpc) is 2.69. The Morgan fingerprint density at radius 2 is 1.86 bits per heavy atom. The van der Waals surface area contributed by atoms with Gasteiger partial charge in [0.25, 0.3) is 5.91 Å². The normalized spacial score (nSPS) is 16.4. The quantitative estimate of drug-likeness (QED) is 0.796. The average molecular weight is 383 g/mol.